The van der Waals surface area contributed by atoms with Crippen molar-refractivity contribution in [1.29, 1.82) is 0 Å². The van der Waals surface area contributed by atoms with Crippen LogP contribution in [0.2, 0.25) is 0 Å². The molecule has 0 atom stereocenters. The van der Waals surface area contributed by atoms with Crippen molar-refractivity contribution in [2.45, 2.75) is 27.2 Å². The number of benzene rings is 1. The van der Waals surface area contributed by atoms with Crippen molar-refractivity contribution in [2.24, 2.45) is 0 Å². The second-order valence-electron chi connectivity index (χ2n) is 4.11. The normalized spacial score (nSPS) is 10.4. The van der Waals surface area contributed by atoms with Gasteiger partial charge in [-0.05, 0) is 43.5 Å². The van der Waals surface area contributed by atoms with Crippen molar-refractivity contribution < 1.29 is 4.79 Å². The molecule has 1 heterocycles. The minimum Gasteiger partial charge on any atom is -0.296 e. The average Bonchev–Trinajstić information content (AvgIpc) is 2.80. The Bertz CT molecular complexity index is 577. The molecule has 0 fully saturated rings. The number of nitrogens with one attached hydrogen (secondary N) is 1. The van der Waals surface area contributed by atoms with Gasteiger partial charge in [0.1, 0.15) is 5.01 Å². The van der Waals surface area contributed by atoms with Gasteiger partial charge in [0.25, 0.3) is 5.91 Å². The fraction of sp³-hybridized carbons (Fsp3) is 0.308. The highest BCUT2D eigenvalue weighted by Crippen LogP contribution is 2.17. The third-order valence-corrected chi connectivity index (χ3v) is 3.74. The second kappa shape index (κ2) is 5.27. The lowest BCUT2D eigenvalue weighted by Gasteiger charge is -2.04. The number of hydrogen-bond acceptors (Lipinski definition) is 4. The lowest BCUT2D eigenvalue weighted by Crippen LogP contribution is -2.12. The Labute approximate surface area is 110 Å². The Hall–Kier alpha value is -1.75. The molecule has 0 aliphatic heterocycles. The van der Waals surface area contributed by atoms with E-state index in [2.05, 4.69) is 15.5 Å². The Morgan fingerprint density at radius 2 is 2.06 bits per heavy atom. The molecule has 1 N–H and O–H groups in total. The minimum absolute atomic E-state index is 0.142. The van der Waals surface area contributed by atoms with E-state index in [1.54, 1.807) is 0 Å². The Balaban J connectivity index is 2.14. The third kappa shape index (κ3) is 2.73. The summed E-state index contributed by atoms with van der Waals surface area (Å²) in [6, 6.07) is 5.65. The standard InChI is InChI=1S/C13H15N3OS/c1-4-11-15-16-13(18-11)14-12(17)10-6-5-8(2)9(3)7-10/h5-7H,4H2,1-3H3,(H,14,16,17). The van der Waals surface area contributed by atoms with Crippen LogP contribution < -0.4 is 5.32 Å². The van der Waals surface area contributed by atoms with Gasteiger partial charge in [-0.1, -0.05) is 24.3 Å². The quantitative estimate of drug-likeness (QED) is 0.924. The molecule has 1 amide bonds. The summed E-state index contributed by atoms with van der Waals surface area (Å²) in [7, 11) is 0. The number of carbonyl (C=O) groups is 1. The van der Waals surface area contributed by atoms with Gasteiger partial charge in [-0.15, -0.1) is 10.2 Å². The van der Waals surface area contributed by atoms with Crippen molar-refractivity contribution in [3.8, 4) is 0 Å². The monoisotopic (exact) mass is 261 g/mol. The van der Waals surface area contributed by atoms with Gasteiger partial charge in [-0.3, -0.25) is 10.1 Å². The van der Waals surface area contributed by atoms with E-state index in [1.807, 2.05) is 39.0 Å². The lowest BCUT2D eigenvalue weighted by atomic mass is 10.1. The first-order valence-corrected chi connectivity index (χ1v) is 6.62. The molecule has 1 aromatic carbocycles. The highest BCUT2D eigenvalue weighted by Gasteiger charge is 2.10. The number of hydrogen-bond donors (Lipinski definition) is 1. The van der Waals surface area contributed by atoms with Crippen molar-refractivity contribution in [3.63, 3.8) is 0 Å². The largest absolute Gasteiger partial charge is 0.296 e. The zero-order valence-electron chi connectivity index (χ0n) is 10.7. The number of amides is 1. The summed E-state index contributed by atoms with van der Waals surface area (Å²) >= 11 is 1.41. The molecule has 0 saturated carbocycles. The molecule has 0 saturated heterocycles. The van der Waals surface area contributed by atoms with Crippen LogP contribution in [0.1, 0.15) is 33.4 Å². The number of aryl methyl sites for hydroxylation is 3. The predicted molar refractivity (Wildman–Crippen MR) is 73.2 cm³/mol. The van der Waals surface area contributed by atoms with E-state index in [-0.39, 0.29) is 5.91 Å². The van der Waals surface area contributed by atoms with Gasteiger partial charge in [0.15, 0.2) is 0 Å². The van der Waals surface area contributed by atoms with Gasteiger partial charge in [0.05, 0.1) is 0 Å². The number of anilines is 1. The summed E-state index contributed by atoms with van der Waals surface area (Å²) in [5, 5.41) is 12.1. The maximum atomic E-state index is 12.0. The maximum absolute atomic E-state index is 12.0. The van der Waals surface area contributed by atoms with E-state index in [0.717, 1.165) is 17.0 Å². The molecule has 18 heavy (non-hydrogen) atoms. The first kappa shape index (κ1) is 12.7. The van der Waals surface area contributed by atoms with Crippen LogP contribution in [0.25, 0.3) is 0 Å². The summed E-state index contributed by atoms with van der Waals surface area (Å²) in [6.07, 6.45) is 0.831. The summed E-state index contributed by atoms with van der Waals surface area (Å²) in [6.45, 7) is 6.02. The van der Waals surface area contributed by atoms with Crippen molar-refractivity contribution >= 4 is 22.4 Å². The maximum Gasteiger partial charge on any atom is 0.257 e. The first-order valence-electron chi connectivity index (χ1n) is 5.81. The first-order chi connectivity index (χ1) is 8.60. The molecular formula is C13H15N3OS. The summed E-state index contributed by atoms with van der Waals surface area (Å²) in [5.74, 6) is -0.142. The van der Waals surface area contributed by atoms with Crippen LogP contribution in [0, 0.1) is 13.8 Å². The zero-order valence-corrected chi connectivity index (χ0v) is 11.5. The van der Waals surface area contributed by atoms with E-state index in [0.29, 0.717) is 10.7 Å². The number of carbonyl (C=O) groups excluding carboxylic acids is 1. The fourth-order valence-electron chi connectivity index (χ4n) is 1.50. The van der Waals surface area contributed by atoms with Gasteiger partial charge in [0.2, 0.25) is 5.13 Å². The highest BCUT2D eigenvalue weighted by atomic mass is 32.1. The van der Waals surface area contributed by atoms with Gasteiger partial charge in [-0.25, -0.2) is 0 Å². The van der Waals surface area contributed by atoms with E-state index in [1.165, 1.54) is 16.9 Å². The average molecular weight is 261 g/mol. The van der Waals surface area contributed by atoms with Crippen LogP contribution in [0.3, 0.4) is 0 Å². The van der Waals surface area contributed by atoms with E-state index < -0.39 is 0 Å². The third-order valence-electron chi connectivity index (χ3n) is 2.76. The molecule has 0 spiro atoms. The molecule has 4 nitrogen and oxygen atoms in total. The molecule has 2 aromatic rings. The smallest absolute Gasteiger partial charge is 0.257 e. The molecule has 0 aliphatic carbocycles. The molecule has 5 heteroatoms. The topological polar surface area (TPSA) is 54.9 Å². The van der Waals surface area contributed by atoms with Crippen LogP contribution in [-0.4, -0.2) is 16.1 Å². The number of nitrogens with zero attached hydrogens (tertiary/aromatic N) is 2. The molecule has 2 rings (SSSR count). The summed E-state index contributed by atoms with van der Waals surface area (Å²) < 4.78 is 0. The van der Waals surface area contributed by atoms with Crippen LogP contribution in [0.5, 0.6) is 0 Å². The number of rotatable bonds is 3. The van der Waals surface area contributed by atoms with Crippen LogP contribution in [0.4, 0.5) is 5.13 Å². The van der Waals surface area contributed by atoms with E-state index >= 15 is 0 Å². The molecule has 0 radical (unpaired) electrons. The molecule has 1 aromatic heterocycles. The Morgan fingerprint density at radius 1 is 1.28 bits per heavy atom. The van der Waals surface area contributed by atoms with Crippen molar-refractivity contribution in [1.82, 2.24) is 10.2 Å². The van der Waals surface area contributed by atoms with Gasteiger partial charge < -0.3 is 0 Å². The Morgan fingerprint density at radius 3 is 2.67 bits per heavy atom. The highest BCUT2D eigenvalue weighted by molar-refractivity contribution is 7.15. The Kier molecular flexibility index (Phi) is 3.72. The zero-order chi connectivity index (χ0) is 13.1. The van der Waals surface area contributed by atoms with Crippen molar-refractivity contribution in [3.05, 3.63) is 39.9 Å². The van der Waals surface area contributed by atoms with E-state index in [4.69, 9.17) is 0 Å². The fourth-order valence-corrected chi connectivity index (χ4v) is 2.17. The van der Waals surface area contributed by atoms with Crippen LogP contribution in [-0.2, 0) is 6.42 Å². The molecule has 0 unspecified atom stereocenters. The molecule has 94 valence electrons. The second-order valence-corrected chi connectivity index (χ2v) is 5.17. The van der Waals surface area contributed by atoms with Gasteiger partial charge >= 0.3 is 0 Å². The molecular weight excluding hydrogens is 246 g/mol. The van der Waals surface area contributed by atoms with Gasteiger partial charge in [0, 0.05) is 5.56 Å². The minimum atomic E-state index is -0.142. The van der Waals surface area contributed by atoms with Gasteiger partial charge in [-0.2, -0.15) is 0 Å². The number of aromatic nitrogens is 2. The predicted octanol–water partition coefficient (Wildman–Crippen LogP) is 2.97. The lowest BCUT2D eigenvalue weighted by molar-refractivity contribution is 0.102. The molecule has 0 aliphatic rings. The van der Waals surface area contributed by atoms with E-state index in [9.17, 15) is 4.79 Å². The van der Waals surface area contributed by atoms with Crippen LogP contribution in [0.15, 0.2) is 18.2 Å². The van der Waals surface area contributed by atoms with Crippen molar-refractivity contribution in [2.75, 3.05) is 5.32 Å². The SMILES string of the molecule is CCc1nnc(NC(=O)c2ccc(C)c(C)c2)s1. The summed E-state index contributed by atoms with van der Waals surface area (Å²) in [5.41, 5.74) is 2.93. The van der Waals surface area contributed by atoms with Crippen LogP contribution >= 0.6 is 11.3 Å². The molecule has 0 bridgehead atoms. The summed E-state index contributed by atoms with van der Waals surface area (Å²) in [4.78, 5) is 12.0.